The first-order valence-electron chi connectivity index (χ1n) is 16.7. The fourth-order valence-electron chi connectivity index (χ4n) is 10.5. The van der Waals surface area contributed by atoms with Crippen molar-refractivity contribution in [2.45, 2.75) is 71.0 Å². The zero-order chi connectivity index (χ0) is 30.1. The van der Waals surface area contributed by atoms with Crippen molar-refractivity contribution in [1.82, 2.24) is 0 Å². The molecule has 7 rings (SSSR count). The molecule has 0 amide bonds. The maximum atomic E-state index is 2.91. The van der Waals surface area contributed by atoms with Gasteiger partial charge in [-0.25, -0.2) is 0 Å². The van der Waals surface area contributed by atoms with Crippen molar-refractivity contribution < 1.29 is 14.2 Å². The topological polar surface area (TPSA) is 0 Å². The van der Waals surface area contributed by atoms with Crippen LogP contribution in [0.25, 0.3) is 34.4 Å². The Balaban J connectivity index is 1.48. The summed E-state index contributed by atoms with van der Waals surface area (Å²) in [5, 5.41) is 0. The molecule has 43 heavy (non-hydrogen) atoms. The van der Waals surface area contributed by atoms with Gasteiger partial charge in [-0.3, -0.25) is 0 Å². The standard InChI is InChI=1S/2C16H13.C6H11.3CH3.Hf.H2Si/c2*1-12-5-2-8-14(11-12)16-10-4-7-13-6-3-9-15(13)16;1-2-4-6-5-3-1;;;;;/h2*2-11H,1H3;1H,2-6H2;3*1H3;;1H2. The minimum atomic E-state index is -5.04. The zero-order valence-corrected chi connectivity index (χ0v) is 31.9. The fraction of sp³-hybridized carbons (Fsp3) is 0.317. The van der Waals surface area contributed by atoms with Gasteiger partial charge < -0.3 is 0 Å². The molecule has 0 aromatic heterocycles. The summed E-state index contributed by atoms with van der Waals surface area (Å²) < 4.78 is 10.4. The quantitative estimate of drug-likeness (QED) is 0.178. The van der Waals surface area contributed by atoms with Crippen LogP contribution in [0, 0.1) is 13.8 Å². The third-order valence-electron chi connectivity index (χ3n) is 13.1. The molecular formula is C41H48HfSi. The van der Waals surface area contributed by atoms with Gasteiger partial charge in [-0.2, -0.15) is 0 Å². The van der Waals surface area contributed by atoms with E-state index >= 15 is 0 Å². The Labute approximate surface area is 255 Å². The molecule has 0 N–H and O–H groups in total. The van der Waals surface area contributed by atoms with Gasteiger partial charge >= 0.3 is 257 Å². The molecule has 3 aliphatic rings. The Morgan fingerprint density at radius 3 is 1.47 bits per heavy atom. The van der Waals surface area contributed by atoms with Gasteiger partial charge in [0, 0.05) is 0 Å². The van der Waals surface area contributed by atoms with Crippen LogP contribution in [-0.2, 0) is 14.2 Å². The number of rotatable bonds is 5. The van der Waals surface area contributed by atoms with Crippen LogP contribution in [0.2, 0.25) is 17.7 Å². The summed E-state index contributed by atoms with van der Waals surface area (Å²) >= 11 is -5.04. The average molecular weight is 747 g/mol. The van der Waals surface area contributed by atoms with Crippen LogP contribution >= 0.6 is 0 Å². The molecule has 0 radical (unpaired) electrons. The second-order valence-electron chi connectivity index (χ2n) is 17.6. The number of hydrogen-bond acceptors (Lipinski definition) is 0. The van der Waals surface area contributed by atoms with Gasteiger partial charge in [0.25, 0.3) is 0 Å². The number of hydrogen-bond donors (Lipinski definition) is 0. The number of aryl methyl sites for hydroxylation is 2. The van der Waals surface area contributed by atoms with Crippen LogP contribution in [0.5, 0.6) is 0 Å². The first-order chi connectivity index (χ1) is 20.3. The SMILES string of the molecule is Cc1cccc(-c2cccc3c2C=C[CH]3[Hf]([CH3])([CH3])([CH3])(=[SiH2])([CH]2CCCCC2)[CH]2C=Cc3c(-c4cccc(C)c4)cccc32)c1. The van der Waals surface area contributed by atoms with E-state index in [2.05, 4.69) is 144 Å². The van der Waals surface area contributed by atoms with Gasteiger partial charge in [-0.05, 0) is 0 Å². The molecule has 2 atom stereocenters. The number of allylic oxidation sites excluding steroid dienone is 2. The van der Waals surface area contributed by atoms with Gasteiger partial charge in [-0.1, -0.05) is 0 Å². The molecule has 2 unspecified atom stereocenters. The monoisotopic (exact) mass is 748 g/mol. The molecule has 1 saturated carbocycles. The van der Waals surface area contributed by atoms with E-state index in [9.17, 15) is 0 Å². The van der Waals surface area contributed by atoms with Gasteiger partial charge in [0.2, 0.25) is 0 Å². The molecule has 0 heterocycles. The van der Waals surface area contributed by atoms with E-state index in [1.807, 2.05) is 0 Å². The van der Waals surface area contributed by atoms with E-state index in [0.29, 0.717) is 7.35 Å². The normalized spacial score (nSPS) is 22.3. The zero-order valence-electron chi connectivity index (χ0n) is 26.9. The molecule has 2 heteroatoms. The van der Waals surface area contributed by atoms with E-state index in [0.717, 1.165) is 3.67 Å². The number of benzene rings is 4. The summed E-state index contributed by atoms with van der Waals surface area (Å²) in [7, 11) is 0. The van der Waals surface area contributed by atoms with Crippen LogP contribution in [0.3, 0.4) is 0 Å². The Morgan fingerprint density at radius 2 is 1.02 bits per heavy atom. The third kappa shape index (κ3) is 4.15. The van der Waals surface area contributed by atoms with E-state index < -0.39 is 14.2 Å². The van der Waals surface area contributed by atoms with Crippen molar-refractivity contribution in [2.75, 3.05) is 0 Å². The Kier molecular flexibility index (Phi) is 6.11. The summed E-state index contributed by atoms with van der Waals surface area (Å²) in [5.41, 5.74) is 14.2. The predicted octanol–water partition coefficient (Wildman–Crippen LogP) is 11.7. The van der Waals surface area contributed by atoms with Gasteiger partial charge in [0.1, 0.15) is 0 Å². The Bertz CT molecular complexity index is 1850. The summed E-state index contributed by atoms with van der Waals surface area (Å²) in [6.45, 7) is 6.98. The summed E-state index contributed by atoms with van der Waals surface area (Å²) in [5.74, 6) is 0. The van der Waals surface area contributed by atoms with Gasteiger partial charge in [-0.15, -0.1) is 0 Å². The predicted molar refractivity (Wildman–Crippen MR) is 190 cm³/mol. The minimum absolute atomic E-state index is 0.453. The maximum absolute atomic E-state index is 5.04. The van der Waals surface area contributed by atoms with Crippen LogP contribution in [-0.4, -0.2) is 6.94 Å². The molecular weight excluding hydrogens is 699 g/mol. The van der Waals surface area contributed by atoms with E-state index in [1.54, 1.807) is 11.1 Å². The van der Waals surface area contributed by atoms with Crippen molar-refractivity contribution in [3.8, 4) is 22.3 Å². The Morgan fingerprint density at radius 1 is 0.581 bits per heavy atom. The van der Waals surface area contributed by atoms with Crippen LogP contribution in [0.1, 0.15) is 72.8 Å². The van der Waals surface area contributed by atoms with E-state index in [-0.39, 0.29) is 0 Å². The summed E-state index contributed by atoms with van der Waals surface area (Å²) in [6, 6.07) is 32.5. The summed E-state index contributed by atoms with van der Waals surface area (Å²) in [6.07, 6.45) is 17.3. The van der Waals surface area contributed by atoms with Gasteiger partial charge in [0.15, 0.2) is 0 Å². The fourth-order valence-corrected chi connectivity index (χ4v) is 56.3. The van der Waals surface area contributed by atoms with Crippen molar-refractivity contribution in [3.05, 3.63) is 130 Å². The molecule has 0 nitrogen and oxygen atoms in total. The van der Waals surface area contributed by atoms with Crippen molar-refractivity contribution in [2.24, 2.45) is 0 Å². The molecule has 0 aliphatic heterocycles. The third-order valence-corrected chi connectivity index (χ3v) is 66.7. The molecule has 0 bridgehead atoms. The van der Waals surface area contributed by atoms with E-state index in [4.69, 9.17) is 0 Å². The summed E-state index contributed by atoms with van der Waals surface area (Å²) in [4.78, 5) is 0. The van der Waals surface area contributed by atoms with Crippen LogP contribution in [0.15, 0.2) is 97.1 Å². The van der Waals surface area contributed by atoms with E-state index in [1.165, 1.54) is 76.6 Å². The average Bonchev–Trinajstić information content (AvgIpc) is 3.65. The molecule has 3 aliphatic carbocycles. The molecule has 4 aromatic rings. The Hall–Kier alpha value is -2.55. The molecule has 4 aromatic carbocycles. The second-order valence-corrected chi connectivity index (χ2v) is 97.5. The van der Waals surface area contributed by atoms with Gasteiger partial charge in [0.05, 0.1) is 0 Å². The number of fused-ring (bicyclic) bond motifs is 2. The van der Waals surface area contributed by atoms with Crippen molar-refractivity contribution >= 4 is 19.1 Å². The molecule has 220 valence electrons. The van der Waals surface area contributed by atoms with Crippen LogP contribution in [0.4, 0.5) is 0 Å². The molecule has 0 saturated heterocycles. The first-order valence-corrected chi connectivity index (χ1v) is 42.0. The van der Waals surface area contributed by atoms with Crippen LogP contribution < -0.4 is 0 Å². The molecule has 1 fully saturated rings. The second kappa shape index (κ2) is 9.01. The molecule has 0 spiro atoms. The van der Waals surface area contributed by atoms with Crippen molar-refractivity contribution in [3.63, 3.8) is 0 Å². The first kappa shape index (κ1) is 29.2. The van der Waals surface area contributed by atoms with Crippen molar-refractivity contribution in [1.29, 1.82) is 0 Å².